The normalized spacial score (nSPS) is 48.8. The molecule has 1 unspecified atom stereocenters. The van der Waals surface area contributed by atoms with Crippen molar-refractivity contribution in [3.05, 3.63) is 35.9 Å². The summed E-state index contributed by atoms with van der Waals surface area (Å²) in [6.07, 6.45) is -5.49. The van der Waals surface area contributed by atoms with Crippen LogP contribution in [0.3, 0.4) is 0 Å². The van der Waals surface area contributed by atoms with E-state index in [0.29, 0.717) is 25.1 Å². The third-order valence-corrected chi connectivity index (χ3v) is 13.2. The van der Waals surface area contributed by atoms with Gasteiger partial charge in [0.2, 0.25) is 0 Å². The zero-order valence-electron chi connectivity index (χ0n) is 27.7. The summed E-state index contributed by atoms with van der Waals surface area (Å²) in [6.45, 7) is 4.68. The number of carbonyl (C=O) groups is 2. The zero-order valence-corrected chi connectivity index (χ0v) is 28.6. The molecule has 5 aliphatic carbocycles. The number of ether oxygens (including phenoxy) is 6. The van der Waals surface area contributed by atoms with Crippen molar-refractivity contribution in [3.63, 3.8) is 0 Å². The third-order valence-electron chi connectivity index (χ3n) is 13.2. The van der Waals surface area contributed by atoms with Crippen LogP contribution in [0.25, 0.3) is 0 Å². The molecule has 12 nitrogen and oxygen atoms in total. The lowest BCUT2D eigenvalue weighted by atomic mass is 9.42. The minimum absolute atomic E-state index is 0. The van der Waals surface area contributed by atoms with Gasteiger partial charge in [-0.3, -0.25) is 9.69 Å². The van der Waals surface area contributed by atoms with E-state index >= 15 is 0 Å². The predicted octanol–water partition coefficient (Wildman–Crippen LogP) is 1.07. The lowest BCUT2D eigenvalue weighted by Gasteiger charge is -2.70. The van der Waals surface area contributed by atoms with E-state index in [1.165, 1.54) is 14.0 Å². The molecule has 0 aromatic heterocycles. The van der Waals surface area contributed by atoms with Crippen molar-refractivity contribution in [2.75, 3.05) is 48.1 Å². The second-order valence-corrected chi connectivity index (χ2v) is 14.4. The van der Waals surface area contributed by atoms with Gasteiger partial charge in [0, 0.05) is 83.0 Å². The number of benzene rings is 1. The maximum Gasteiger partial charge on any atom is 0.338 e. The van der Waals surface area contributed by atoms with Crippen molar-refractivity contribution >= 4 is 24.3 Å². The van der Waals surface area contributed by atoms with Crippen LogP contribution >= 0.6 is 12.4 Å². The Balaban J connectivity index is 0.00000386. The molecule has 7 bridgehead atoms. The fourth-order valence-electron chi connectivity index (χ4n) is 12.3. The Morgan fingerprint density at radius 3 is 2.28 bits per heavy atom. The van der Waals surface area contributed by atoms with Crippen molar-refractivity contribution in [2.45, 2.75) is 80.6 Å². The molecule has 15 atom stereocenters. The molecule has 1 aromatic carbocycles. The fraction of sp³-hybridized carbons (Fsp3) is 0.765. The molecule has 5 saturated carbocycles. The highest BCUT2D eigenvalue weighted by molar-refractivity contribution is 5.89. The van der Waals surface area contributed by atoms with Gasteiger partial charge in [0.25, 0.3) is 0 Å². The van der Waals surface area contributed by atoms with Crippen LogP contribution in [0.2, 0.25) is 0 Å². The van der Waals surface area contributed by atoms with Crippen molar-refractivity contribution in [1.29, 1.82) is 0 Å². The number of hydrogen-bond donors (Lipinski definition) is 3. The minimum Gasteiger partial charge on any atom is -0.455 e. The Morgan fingerprint density at radius 2 is 1.70 bits per heavy atom. The van der Waals surface area contributed by atoms with Crippen molar-refractivity contribution in [2.24, 2.45) is 34.5 Å². The summed E-state index contributed by atoms with van der Waals surface area (Å²) in [6, 6.07) is 8.18. The molecule has 1 aliphatic heterocycles. The van der Waals surface area contributed by atoms with Crippen LogP contribution in [-0.2, 0) is 33.2 Å². The summed E-state index contributed by atoms with van der Waals surface area (Å²) in [5.41, 5.74) is -4.79. The Labute approximate surface area is 281 Å². The van der Waals surface area contributed by atoms with Crippen molar-refractivity contribution < 1.29 is 53.3 Å². The van der Waals surface area contributed by atoms with Crippen molar-refractivity contribution in [1.82, 2.24) is 4.90 Å². The van der Waals surface area contributed by atoms with Gasteiger partial charge in [-0.15, -0.1) is 12.4 Å². The Bertz CT molecular complexity index is 1370. The minimum atomic E-state index is -1.83. The number of rotatable bonds is 9. The number of halogens is 1. The maximum atomic E-state index is 13.8. The first-order valence-corrected chi connectivity index (χ1v) is 16.3. The molecule has 262 valence electrons. The SMILES string of the molecule is CCN1C[C@]2(COC)[C@H](O)C[C@H](OC)[C@]34C1[C@H]([C@H](OC)[C@H]23)[C@]1(OC(C)=O)[C@H]2[C@@H](OC(=O)c3ccccc3)[C@](O)(C[C@H]24)[C@@H](OC)[C@@H]1O.Cl. The number of nitrogens with zero attached hydrogens (tertiary/aromatic N) is 1. The van der Waals surface area contributed by atoms with Gasteiger partial charge in [-0.05, 0) is 31.0 Å². The number of aliphatic hydroxyl groups excluding tert-OH is 2. The van der Waals surface area contributed by atoms with Crippen LogP contribution < -0.4 is 0 Å². The topological polar surface area (TPSA) is 153 Å². The molecule has 1 aromatic rings. The quantitative estimate of drug-likeness (QED) is 0.320. The van der Waals surface area contributed by atoms with Gasteiger partial charge in [0.15, 0.2) is 5.60 Å². The number of methoxy groups -OCH3 is 4. The maximum absolute atomic E-state index is 13.8. The lowest BCUT2D eigenvalue weighted by molar-refractivity contribution is -0.322. The second kappa shape index (κ2) is 11.9. The van der Waals surface area contributed by atoms with Crippen molar-refractivity contribution in [3.8, 4) is 0 Å². The largest absolute Gasteiger partial charge is 0.455 e. The summed E-state index contributed by atoms with van der Waals surface area (Å²) in [7, 11) is 6.27. The molecule has 0 radical (unpaired) electrons. The van der Waals surface area contributed by atoms with Gasteiger partial charge in [0.05, 0.1) is 30.5 Å². The van der Waals surface area contributed by atoms with Crippen LogP contribution in [0, 0.1) is 34.5 Å². The van der Waals surface area contributed by atoms with E-state index in [4.69, 9.17) is 28.4 Å². The van der Waals surface area contributed by atoms with E-state index in [1.807, 2.05) is 6.92 Å². The molecular formula is C34H48ClNO11. The van der Waals surface area contributed by atoms with Gasteiger partial charge in [-0.25, -0.2) is 4.79 Å². The van der Waals surface area contributed by atoms with Crippen LogP contribution in [0.15, 0.2) is 30.3 Å². The molecule has 0 amide bonds. The van der Waals surface area contributed by atoms with E-state index in [0.717, 1.165) is 0 Å². The van der Waals surface area contributed by atoms with Crippen LogP contribution in [-0.4, -0.2) is 134 Å². The number of carbonyl (C=O) groups excluding carboxylic acids is 2. The molecule has 6 aliphatic rings. The monoisotopic (exact) mass is 681 g/mol. The molecule has 6 fully saturated rings. The van der Waals surface area contributed by atoms with Gasteiger partial charge in [-0.2, -0.15) is 0 Å². The highest BCUT2D eigenvalue weighted by Gasteiger charge is 2.92. The molecule has 7 rings (SSSR count). The smallest absolute Gasteiger partial charge is 0.338 e. The van der Waals surface area contributed by atoms with E-state index < -0.39 is 88.3 Å². The predicted molar refractivity (Wildman–Crippen MR) is 168 cm³/mol. The zero-order chi connectivity index (χ0) is 33.0. The van der Waals surface area contributed by atoms with E-state index in [9.17, 15) is 24.9 Å². The number of hydrogen-bond acceptors (Lipinski definition) is 12. The number of piperidine rings is 1. The lowest BCUT2D eigenvalue weighted by Crippen LogP contribution is -2.81. The Hall–Kier alpha value is -1.87. The molecular weight excluding hydrogens is 634 g/mol. The van der Waals surface area contributed by atoms with Gasteiger partial charge < -0.3 is 43.7 Å². The number of likely N-dealkylation sites (tertiary alicyclic amines) is 1. The standard InChI is InChI=1S/C34H47NO11.ClH/c1-7-35-15-31(16-41-3)20(37)13-21(42-4)33-19-14-32(40)28(45-30(39)18-11-9-8-10-12-18)22(19)34(46-17(2)36,27(38)29(32)44-6)23(26(33)35)24(43-5)25(31)33;/h8-12,19-29,37-38,40H,7,13-16H2,1-6H3;1H/t19-,20-,21+,22-,23+,24+,25-,26?,27+,28-,29+,31+,32-,33+,34-;/m1./s1. The highest BCUT2D eigenvalue weighted by Crippen LogP contribution is 2.80. The Morgan fingerprint density at radius 1 is 1.00 bits per heavy atom. The first kappa shape index (κ1) is 35.0. The van der Waals surface area contributed by atoms with E-state index in [-0.39, 0.29) is 37.4 Å². The summed E-state index contributed by atoms with van der Waals surface area (Å²) in [4.78, 5) is 29.3. The number of aliphatic hydroxyl groups is 3. The number of fused-ring (bicyclic) bond motifs is 2. The molecule has 1 spiro atoms. The molecule has 1 heterocycles. The molecule has 1 saturated heterocycles. The van der Waals surface area contributed by atoms with Crippen LogP contribution in [0.5, 0.6) is 0 Å². The van der Waals surface area contributed by atoms with Gasteiger partial charge >= 0.3 is 11.9 Å². The average molecular weight is 682 g/mol. The highest BCUT2D eigenvalue weighted by atomic mass is 35.5. The summed E-state index contributed by atoms with van der Waals surface area (Å²) >= 11 is 0. The van der Waals surface area contributed by atoms with Gasteiger partial charge in [-0.1, -0.05) is 25.1 Å². The third kappa shape index (κ3) is 4.05. The average Bonchev–Trinajstić information content (AvgIpc) is 3.41. The van der Waals surface area contributed by atoms with Crippen LogP contribution in [0.4, 0.5) is 0 Å². The second-order valence-electron chi connectivity index (χ2n) is 14.4. The molecule has 13 heteroatoms. The number of esters is 2. The summed E-state index contributed by atoms with van der Waals surface area (Å²) in [5, 5.41) is 37.3. The van der Waals surface area contributed by atoms with E-state index in [2.05, 4.69) is 4.90 Å². The fourth-order valence-corrected chi connectivity index (χ4v) is 12.3. The summed E-state index contributed by atoms with van der Waals surface area (Å²) < 4.78 is 37.4. The van der Waals surface area contributed by atoms with E-state index in [1.54, 1.807) is 51.7 Å². The van der Waals surface area contributed by atoms with Gasteiger partial charge in [0.1, 0.15) is 23.9 Å². The van der Waals surface area contributed by atoms with Crippen LogP contribution in [0.1, 0.15) is 37.0 Å². The Kier molecular flexibility index (Phi) is 8.84. The summed E-state index contributed by atoms with van der Waals surface area (Å²) in [5.74, 6) is -3.65. The first-order chi connectivity index (χ1) is 22.0. The first-order valence-electron chi connectivity index (χ1n) is 16.3. The molecule has 47 heavy (non-hydrogen) atoms. The molecule has 3 N–H and O–H groups in total.